The average molecular weight is 403 g/mol. The van der Waals surface area contributed by atoms with Crippen LogP contribution in [0.15, 0.2) is 68.3 Å². The number of ether oxygens (including phenoxy) is 3. The van der Waals surface area contributed by atoms with Crippen LogP contribution < -0.4 is 5.32 Å². The summed E-state index contributed by atoms with van der Waals surface area (Å²) in [5, 5.41) is 3.03. The predicted octanol–water partition coefficient (Wildman–Crippen LogP) is 3.30. The monoisotopic (exact) mass is 403 g/mol. The van der Waals surface area contributed by atoms with E-state index >= 15 is 0 Å². The molecule has 1 aromatic rings. The van der Waals surface area contributed by atoms with Crippen molar-refractivity contribution >= 4 is 23.6 Å². The van der Waals surface area contributed by atoms with E-state index in [0.29, 0.717) is 6.42 Å². The molecule has 7 heteroatoms. The highest BCUT2D eigenvalue weighted by atomic mass is 16.6. The summed E-state index contributed by atoms with van der Waals surface area (Å²) in [6, 6.07) is 10.1. The molecule has 0 saturated heterocycles. The minimum Gasteiger partial charge on any atom is -0.462 e. The Hall–Kier alpha value is -3.35. The molecule has 0 bridgehead atoms. The van der Waals surface area contributed by atoms with Crippen LogP contribution in [0.2, 0.25) is 0 Å². The Morgan fingerprint density at radius 2 is 1.24 bits per heavy atom. The zero-order chi connectivity index (χ0) is 22.1. The molecule has 1 rings (SSSR count). The summed E-state index contributed by atoms with van der Waals surface area (Å²) in [5.41, 5.74) is 0.322. The molecule has 1 aromatic carbocycles. The summed E-state index contributed by atoms with van der Waals surface area (Å²) in [6.07, 6.45) is 3.51. The van der Waals surface area contributed by atoms with Gasteiger partial charge in [-0.2, -0.15) is 0 Å². The van der Waals surface area contributed by atoms with Gasteiger partial charge in [-0.05, 0) is 18.6 Å². The molecule has 0 aliphatic carbocycles. The van der Waals surface area contributed by atoms with Crippen LogP contribution >= 0.6 is 0 Å². The number of para-hydroxylation sites is 1. The Morgan fingerprint density at radius 1 is 0.862 bits per heavy atom. The highest BCUT2D eigenvalue weighted by Gasteiger charge is 2.33. The lowest BCUT2D eigenvalue weighted by atomic mass is 9.88. The number of rotatable bonds is 11. The standard InChI is InChI=1S/C15H20O6.C7H9N/c1-5-12(16)19-9-15(8-4,10-20-13(17)6-2)11-21-14(18)7-3;1-8-7-5-3-2-4-6-7/h5-7H,1-3,8-11H2,4H3;2-6,8H,1H3. The van der Waals surface area contributed by atoms with E-state index in [4.69, 9.17) is 14.2 Å². The quantitative estimate of drug-likeness (QED) is 0.344. The van der Waals surface area contributed by atoms with E-state index in [1.54, 1.807) is 6.92 Å². The van der Waals surface area contributed by atoms with E-state index < -0.39 is 23.3 Å². The molecule has 0 amide bonds. The van der Waals surface area contributed by atoms with Crippen LogP contribution in [0.25, 0.3) is 0 Å². The van der Waals surface area contributed by atoms with Crippen molar-refractivity contribution in [3.05, 3.63) is 68.3 Å². The molecule has 0 fully saturated rings. The summed E-state index contributed by atoms with van der Waals surface area (Å²) >= 11 is 0. The molecule has 0 heterocycles. The van der Waals surface area contributed by atoms with Crippen molar-refractivity contribution < 1.29 is 28.6 Å². The van der Waals surface area contributed by atoms with Gasteiger partial charge in [0.2, 0.25) is 0 Å². The molecule has 0 aromatic heterocycles. The summed E-state index contributed by atoms with van der Waals surface area (Å²) in [6.45, 7) is 11.4. The van der Waals surface area contributed by atoms with E-state index in [9.17, 15) is 14.4 Å². The highest BCUT2D eigenvalue weighted by Crippen LogP contribution is 2.24. The SMILES string of the molecule is C=CC(=O)OCC(CC)(COC(=O)C=C)COC(=O)C=C.CNc1ccccc1. The molecular formula is C22H29NO6. The van der Waals surface area contributed by atoms with Crippen LogP contribution in [0.1, 0.15) is 13.3 Å². The molecular weight excluding hydrogens is 374 g/mol. The normalized spacial score (nSPS) is 9.72. The van der Waals surface area contributed by atoms with Gasteiger partial charge in [0.05, 0.1) is 5.41 Å². The summed E-state index contributed by atoms with van der Waals surface area (Å²) in [4.78, 5) is 33.5. The molecule has 158 valence electrons. The maximum atomic E-state index is 11.2. The average Bonchev–Trinajstić information content (AvgIpc) is 2.78. The third-order valence-electron chi connectivity index (χ3n) is 3.87. The van der Waals surface area contributed by atoms with Gasteiger partial charge < -0.3 is 19.5 Å². The molecule has 0 radical (unpaired) electrons. The lowest BCUT2D eigenvalue weighted by Crippen LogP contribution is -2.38. The van der Waals surface area contributed by atoms with E-state index in [0.717, 1.165) is 23.9 Å². The number of hydrogen-bond acceptors (Lipinski definition) is 7. The Labute approximate surface area is 172 Å². The Morgan fingerprint density at radius 3 is 1.48 bits per heavy atom. The molecule has 1 N–H and O–H groups in total. The topological polar surface area (TPSA) is 90.9 Å². The Balaban J connectivity index is 0.000000807. The Bertz CT molecular complexity index is 624. The van der Waals surface area contributed by atoms with Gasteiger partial charge in [-0.15, -0.1) is 0 Å². The zero-order valence-corrected chi connectivity index (χ0v) is 17.0. The largest absolute Gasteiger partial charge is 0.462 e. The summed E-state index contributed by atoms with van der Waals surface area (Å²) < 4.78 is 15.0. The van der Waals surface area contributed by atoms with E-state index in [1.807, 2.05) is 37.4 Å². The van der Waals surface area contributed by atoms with Crippen molar-refractivity contribution in [3.8, 4) is 0 Å². The molecule has 0 aliphatic heterocycles. The van der Waals surface area contributed by atoms with Gasteiger partial charge in [-0.3, -0.25) is 0 Å². The van der Waals surface area contributed by atoms with Gasteiger partial charge in [-0.1, -0.05) is 44.9 Å². The fraction of sp³-hybridized carbons (Fsp3) is 0.318. The highest BCUT2D eigenvalue weighted by molar-refractivity contribution is 5.82. The number of carbonyl (C=O) groups excluding carboxylic acids is 3. The summed E-state index contributed by atoms with van der Waals surface area (Å²) in [5.74, 6) is -1.84. The van der Waals surface area contributed by atoms with Gasteiger partial charge in [0.25, 0.3) is 0 Å². The van der Waals surface area contributed by atoms with Crippen molar-refractivity contribution in [3.63, 3.8) is 0 Å². The van der Waals surface area contributed by atoms with Crippen molar-refractivity contribution in [2.24, 2.45) is 5.41 Å². The summed E-state index contributed by atoms with van der Waals surface area (Å²) in [7, 11) is 1.91. The van der Waals surface area contributed by atoms with Crippen molar-refractivity contribution in [1.82, 2.24) is 0 Å². The first kappa shape index (κ1) is 25.6. The van der Waals surface area contributed by atoms with Crippen molar-refractivity contribution in [1.29, 1.82) is 0 Å². The molecule has 29 heavy (non-hydrogen) atoms. The number of nitrogens with one attached hydrogen (secondary N) is 1. The van der Waals surface area contributed by atoms with E-state index in [2.05, 4.69) is 25.1 Å². The van der Waals surface area contributed by atoms with Gasteiger partial charge in [0.15, 0.2) is 0 Å². The maximum Gasteiger partial charge on any atom is 0.330 e. The fourth-order valence-corrected chi connectivity index (χ4v) is 1.89. The second-order valence-electron chi connectivity index (χ2n) is 5.91. The molecule has 0 saturated carbocycles. The van der Waals surface area contributed by atoms with Crippen LogP contribution in [0.4, 0.5) is 5.69 Å². The predicted molar refractivity (Wildman–Crippen MR) is 112 cm³/mol. The van der Waals surface area contributed by atoms with E-state index in [-0.39, 0.29) is 19.8 Å². The van der Waals surface area contributed by atoms with E-state index in [1.165, 1.54) is 0 Å². The minimum absolute atomic E-state index is 0.0802. The van der Waals surface area contributed by atoms with Crippen LogP contribution in [0.3, 0.4) is 0 Å². The maximum absolute atomic E-state index is 11.2. The first-order chi connectivity index (χ1) is 13.9. The molecule has 0 spiro atoms. The van der Waals surface area contributed by atoms with Crippen LogP contribution in [0, 0.1) is 5.41 Å². The lowest BCUT2D eigenvalue weighted by Gasteiger charge is -2.30. The first-order valence-corrected chi connectivity index (χ1v) is 8.96. The van der Waals surface area contributed by atoms with Gasteiger partial charge >= 0.3 is 17.9 Å². The molecule has 7 nitrogen and oxygen atoms in total. The smallest absolute Gasteiger partial charge is 0.330 e. The zero-order valence-electron chi connectivity index (χ0n) is 17.0. The van der Waals surface area contributed by atoms with Crippen LogP contribution in [-0.2, 0) is 28.6 Å². The number of benzene rings is 1. The molecule has 0 aliphatic rings. The van der Waals surface area contributed by atoms with Gasteiger partial charge in [0.1, 0.15) is 19.8 Å². The van der Waals surface area contributed by atoms with Crippen LogP contribution in [-0.4, -0.2) is 44.8 Å². The Kier molecular flexibility index (Phi) is 13.0. The minimum atomic E-state index is -0.837. The second kappa shape index (κ2) is 14.7. The third-order valence-corrected chi connectivity index (χ3v) is 3.87. The van der Waals surface area contributed by atoms with Gasteiger partial charge in [0, 0.05) is 31.0 Å². The number of anilines is 1. The van der Waals surface area contributed by atoms with Crippen molar-refractivity contribution in [2.75, 3.05) is 32.2 Å². The number of esters is 3. The number of hydrogen-bond donors (Lipinski definition) is 1. The molecule has 0 unspecified atom stereocenters. The molecule has 0 atom stereocenters. The third kappa shape index (κ3) is 11.2. The first-order valence-electron chi connectivity index (χ1n) is 8.96. The van der Waals surface area contributed by atoms with Gasteiger partial charge in [-0.25, -0.2) is 14.4 Å². The fourth-order valence-electron chi connectivity index (χ4n) is 1.89. The second-order valence-corrected chi connectivity index (χ2v) is 5.91. The number of carbonyl (C=O) groups is 3. The van der Waals surface area contributed by atoms with Crippen LogP contribution in [0.5, 0.6) is 0 Å². The van der Waals surface area contributed by atoms with Crippen molar-refractivity contribution in [2.45, 2.75) is 13.3 Å². The lowest BCUT2D eigenvalue weighted by molar-refractivity contribution is -0.156.